The Morgan fingerprint density at radius 1 is 0.870 bits per heavy atom. The molecule has 2 aliphatic rings. The highest BCUT2D eigenvalue weighted by atomic mass is 16.1. The lowest BCUT2D eigenvalue weighted by Gasteiger charge is -2.43. The summed E-state index contributed by atoms with van der Waals surface area (Å²) in [7, 11) is 0. The molecule has 2 aromatic carbocycles. The molecule has 1 heterocycles. The summed E-state index contributed by atoms with van der Waals surface area (Å²) in [6.45, 7) is 0.996. The lowest BCUT2D eigenvalue weighted by atomic mass is 9.76. The van der Waals surface area contributed by atoms with Gasteiger partial charge in [-0.25, -0.2) is 0 Å². The third-order valence-corrected chi connectivity index (χ3v) is 5.40. The molecule has 0 N–H and O–H groups in total. The zero-order valence-electron chi connectivity index (χ0n) is 13.4. The van der Waals surface area contributed by atoms with Crippen molar-refractivity contribution in [3.8, 4) is 0 Å². The number of Topliss-reactive ketones (excluding diaryl/α,β-unsaturated/α-hetero) is 1. The van der Waals surface area contributed by atoms with Gasteiger partial charge < -0.3 is 4.90 Å². The van der Waals surface area contributed by atoms with E-state index in [9.17, 15) is 4.79 Å². The van der Waals surface area contributed by atoms with Crippen LogP contribution in [-0.2, 0) is 11.2 Å². The molecule has 4 rings (SSSR count). The van der Waals surface area contributed by atoms with E-state index in [0.29, 0.717) is 5.78 Å². The Morgan fingerprint density at radius 2 is 1.65 bits per heavy atom. The second-order valence-corrected chi connectivity index (χ2v) is 6.74. The summed E-state index contributed by atoms with van der Waals surface area (Å²) in [6.07, 6.45) is 5.09. The van der Waals surface area contributed by atoms with Gasteiger partial charge in [0.1, 0.15) is 5.78 Å². The van der Waals surface area contributed by atoms with Crippen LogP contribution in [0.5, 0.6) is 0 Å². The van der Waals surface area contributed by atoms with E-state index < -0.39 is 0 Å². The first kappa shape index (κ1) is 14.5. The lowest BCUT2D eigenvalue weighted by Crippen LogP contribution is -2.42. The second kappa shape index (κ2) is 6.19. The molecule has 2 aromatic rings. The summed E-state index contributed by atoms with van der Waals surface area (Å²) >= 11 is 0. The van der Waals surface area contributed by atoms with E-state index in [1.165, 1.54) is 23.2 Å². The number of carbonyl (C=O) groups is 1. The Morgan fingerprint density at radius 3 is 2.48 bits per heavy atom. The van der Waals surface area contributed by atoms with Crippen LogP contribution in [0.25, 0.3) is 0 Å². The van der Waals surface area contributed by atoms with Crippen molar-refractivity contribution in [2.75, 3.05) is 11.4 Å². The number of ketones is 1. The molecule has 1 saturated carbocycles. The molecule has 0 spiro atoms. The molecular weight excluding hydrogens is 282 g/mol. The average molecular weight is 305 g/mol. The molecule has 118 valence electrons. The van der Waals surface area contributed by atoms with Crippen LogP contribution in [0, 0.1) is 5.92 Å². The van der Waals surface area contributed by atoms with Gasteiger partial charge in [-0.3, -0.25) is 4.79 Å². The normalized spacial score (nSPS) is 24.3. The zero-order chi connectivity index (χ0) is 15.6. The summed E-state index contributed by atoms with van der Waals surface area (Å²) in [6, 6.07) is 19.5. The van der Waals surface area contributed by atoms with E-state index in [-0.39, 0.29) is 12.0 Å². The van der Waals surface area contributed by atoms with Crippen molar-refractivity contribution in [3.05, 3.63) is 65.7 Å². The number of para-hydroxylation sites is 1. The van der Waals surface area contributed by atoms with Gasteiger partial charge in [0.25, 0.3) is 0 Å². The molecule has 0 unspecified atom stereocenters. The maximum absolute atomic E-state index is 12.7. The Balaban J connectivity index is 1.78. The molecule has 0 radical (unpaired) electrons. The largest absolute Gasteiger partial charge is 0.363 e. The van der Waals surface area contributed by atoms with Crippen LogP contribution in [0.15, 0.2) is 54.6 Å². The number of hydrogen-bond acceptors (Lipinski definition) is 2. The molecule has 1 aliphatic carbocycles. The minimum atomic E-state index is 0.144. The summed E-state index contributed by atoms with van der Waals surface area (Å²) < 4.78 is 0. The molecule has 0 amide bonds. The van der Waals surface area contributed by atoms with Crippen LogP contribution in [0.2, 0.25) is 0 Å². The average Bonchev–Trinajstić information content (AvgIpc) is 2.62. The van der Waals surface area contributed by atoms with E-state index in [1.807, 2.05) is 0 Å². The lowest BCUT2D eigenvalue weighted by molar-refractivity contribution is -0.125. The number of nitrogens with zero attached hydrogens (tertiary/aromatic N) is 1. The van der Waals surface area contributed by atoms with Crippen LogP contribution >= 0.6 is 0 Å². The third-order valence-electron chi connectivity index (χ3n) is 5.40. The molecule has 0 bridgehead atoms. The first-order valence-corrected chi connectivity index (χ1v) is 8.77. The van der Waals surface area contributed by atoms with Gasteiger partial charge in [-0.15, -0.1) is 0 Å². The summed E-state index contributed by atoms with van der Waals surface area (Å²) in [5, 5.41) is 0. The fraction of sp³-hybridized carbons (Fsp3) is 0.381. The Kier molecular flexibility index (Phi) is 3.90. The molecule has 0 saturated heterocycles. The van der Waals surface area contributed by atoms with Crippen molar-refractivity contribution in [3.63, 3.8) is 0 Å². The topological polar surface area (TPSA) is 20.3 Å². The molecule has 23 heavy (non-hydrogen) atoms. The van der Waals surface area contributed by atoms with Gasteiger partial charge >= 0.3 is 0 Å². The predicted octanol–water partition coefficient (Wildman–Crippen LogP) is 4.55. The van der Waals surface area contributed by atoms with Gasteiger partial charge in [-0.2, -0.15) is 0 Å². The van der Waals surface area contributed by atoms with E-state index in [1.54, 1.807) is 0 Å². The van der Waals surface area contributed by atoms with E-state index in [2.05, 4.69) is 59.5 Å². The Hall–Kier alpha value is -2.09. The molecule has 2 nitrogen and oxygen atoms in total. The van der Waals surface area contributed by atoms with Gasteiger partial charge in [0, 0.05) is 24.6 Å². The zero-order valence-corrected chi connectivity index (χ0v) is 13.4. The monoisotopic (exact) mass is 305 g/mol. The second-order valence-electron chi connectivity index (χ2n) is 6.74. The molecule has 0 aromatic heterocycles. The van der Waals surface area contributed by atoms with Crippen molar-refractivity contribution >= 4 is 11.5 Å². The SMILES string of the molecule is O=C1CCCC[C@H]1[C@@H]1c2ccccc2CCN1c1ccccc1. The minimum absolute atomic E-state index is 0.144. The molecular formula is C21H23NO. The van der Waals surface area contributed by atoms with Crippen LogP contribution < -0.4 is 4.90 Å². The third kappa shape index (κ3) is 2.67. The number of hydrogen-bond donors (Lipinski definition) is 0. The van der Waals surface area contributed by atoms with E-state index in [4.69, 9.17) is 0 Å². The van der Waals surface area contributed by atoms with E-state index in [0.717, 1.165) is 32.2 Å². The first-order chi connectivity index (χ1) is 11.3. The van der Waals surface area contributed by atoms with Crippen molar-refractivity contribution in [1.82, 2.24) is 0 Å². The smallest absolute Gasteiger partial charge is 0.138 e. The van der Waals surface area contributed by atoms with Crippen molar-refractivity contribution < 1.29 is 4.79 Å². The summed E-state index contributed by atoms with van der Waals surface area (Å²) in [5.41, 5.74) is 4.02. The number of benzene rings is 2. The fourth-order valence-corrected chi connectivity index (χ4v) is 4.29. The highest BCUT2D eigenvalue weighted by Crippen LogP contribution is 2.42. The molecule has 2 heteroatoms. The van der Waals surface area contributed by atoms with Crippen LogP contribution in [-0.4, -0.2) is 12.3 Å². The van der Waals surface area contributed by atoms with Gasteiger partial charge in [0.15, 0.2) is 0 Å². The van der Waals surface area contributed by atoms with Gasteiger partial charge in [-0.1, -0.05) is 48.9 Å². The number of fused-ring (bicyclic) bond motifs is 1. The molecule has 1 aliphatic heterocycles. The van der Waals surface area contributed by atoms with Crippen LogP contribution in [0.3, 0.4) is 0 Å². The predicted molar refractivity (Wildman–Crippen MR) is 93.6 cm³/mol. The van der Waals surface area contributed by atoms with Crippen molar-refractivity contribution in [2.24, 2.45) is 5.92 Å². The molecule has 1 fully saturated rings. The fourth-order valence-electron chi connectivity index (χ4n) is 4.29. The highest BCUT2D eigenvalue weighted by molar-refractivity contribution is 5.83. The van der Waals surface area contributed by atoms with E-state index >= 15 is 0 Å². The van der Waals surface area contributed by atoms with Crippen molar-refractivity contribution in [2.45, 2.75) is 38.1 Å². The Bertz CT molecular complexity index is 694. The quantitative estimate of drug-likeness (QED) is 0.811. The van der Waals surface area contributed by atoms with Gasteiger partial charge in [-0.05, 0) is 42.5 Å². The van der Waals surface area contributed by atoms with Gasteiger partial charge in [0.2, 0.25) is 0 Å². The maximum Gasteiger partial charge on any atom is 0.138 e. The summed E-state index contributed by atoms with van der Waals surface area (Å²) in [4.78, 5) is 15.1. The highest BCUT2D eigenvalue weighted by Gasteiger charge is 2.38. The first-order valence-electron chi connectivity index (χ1n) is 8.77. The number of anilines is 1. The van der Waals surface area contributed by atoms with Gasteiger partial charge in [0.05, 0.1) is 6.04 Å². The van der Waals surface area contributed by atoms with Crippen molar-refractivity contribution in [1.29, 1.82) is 0 Å². The molecule has 2 atom stereocenters. The minimum Gasteiger partial charge on any atom is -0.363 e. The maximum atomic E-state index is 12.7. The number of rotatable bonds is 2. The standard InChI is InChI=1S/C21H23NO/c23-20-13-7-6-12-19(20)21-18-11-5-4-8-16(18)14-15-22(21)17-9-2-1-3-10-17/h1-5,8-11,19,21H,6-7,12-15H2/t19-,21+/m1/s1. The van der Waals surface area contributed by atoms with Crippen LogP contribution in [0.4, 0.5) is 5.69 Å². The Labute approximate surface area is 138 Å². The van der Waals surface area contributed by atoms with Crippen LogP contribution in [0.1, 0.15) is 42.9 Å². The summed E-state index contributed by atoms with van der Waals surface area (Å²) in [5.74, 6) is 0.601. The number of carbonyl (C=O) groups excluding carboxylic acids is 1.